The Morgan fingerprint density at radius 3 is 1.90 bits per heavy atom. The standard InChI is InChI=1S/C17H22O4/c1-12(2)15-4-13(6-18-8-16-10-20-16)3-14(5-15)7-19-9-17-11-21-17/h3-5,16-17H,1,6-11H2,2H3. The van der Waals surface area contributed by atoms with E-state index in [0.29, 0.717) is 38.6 Å². The largest absolute Gasteiger partial charge is 0.374 e. The summed E-state index contributed by atoms with van der Waals surface area (Å²) >= 11 is 0. The van der Waals surface area contributed by atoms with Crippen LogP contribution >= 0.6 is 0 Å². The normalized spacial score (nSPS) is 23.1. The number of rotatable bonds is 9. The van der Waals surface area contributed by atoms with Gasteiger partial charge in [-0.15, -0.1) is 0 Å². The van der Waals surface area contributed by atoms with Crippen molar-refractivity contribution in [3.8, 4) is 0 Å². The van der Waals surface area contributed by atoms with Gasteiger partial charge in [0, 0.05) is 0 Å². The first-order valence-electron chi connectivity index (χ1n) is 7.38. The van der Waals surface area contributed by atoms with Gasteiger partial charge in [0.2, 0.25) is 0 Å². The van der Waals surface area contributed by atoms with Gasteiger partial charge in [0.25, 0.3) is 0 Å². The first kappa shape index (κ1) is 14.7. The van der Waals surface area contributed by atoms with Crippen LogP contribution in [-0.4, -0.2) is 38.6 Å². The minimum Gasteiger partial charge on any atom is -0.374 e. The molecule has 0 N–H and O–H groups in total. The summed E-state index contributed by atoms with van der Waals surface area (Å²) in [5.41, 5.74) is 4.49. The molecule has 4 nitrogen and oxygen atoms in total. The Kier molecular flexibility index (Phi) is 4.70. The number of hydrogen-bond acceptors (Lipinski definition) is 4. The fourth-order valence-electron chi connectivity index (χ4n) is 2.12. The van der Waals surface area contributed by atoms with Gasteiger partial charge in [-0.2, -0.15) is 0 Å². The SMILES string of the molecule is C=C(C)c1cc(COCC2CO2)cc(COCC2CO2)c1. The van der Waals surface area contributed by atoms with Crippen LogP contribution < -0.4 is 0 Å². The lowest BCUT2D eigenvalue weighted by molar-refractivity contribution is 0.100. The smallest absolute Gasteiger partial charge is 0.104 e. The van der Waals surface area contributed by atoms with Gasteiger partial charge < -0.3 is 18.9 Å². The highest BCUT2D eigenvalue weighted by molar-refractivity contribution is 5.62. The predicted molar refractivity (Wildman–Crippen MR) is 79.9 cm³/mol. The van der Waals surface area contributed by atoms with E-state index < -0.39 is 0 Å². The van der Waals surface area contributed by atoms with Crippen LogP contribution in [0.3, 0.4) is 0 Å². The second-order valence-corrected chi connectivity index (χ2v) is 5.76. The van der Waals surface area contributed by atoms with Crippen molar-refractivity contribution in [1.82, 2.24) is 0 Å². The highest BCUT2D eigenvalue weighted by Gasteiger charge is 2.23. The minimum absolute atomic E-state index is 0.302. The summed E-state index contributed by atoms with van der Waals surface area (Å²) in [5.74, 6) is 0. The summed E-state index contributed by atoms with van der Waals surface area (Å²) < 4.78 is 21.6. The zero-order chi connectivity index (χ0) is 14.7. The van der Waals surface area contributed by atoms with Gasteiger partial charge in [-0.3, -0.25) is 0 Å². The lowest BCUT2D eigenvalue weighted by atomic mass is 10.0. The molecule has 2 aliphatic rings. The van der Waals surface area contributed by atoms with Gasteiger partial charge in [-0.05, 0) is 35.7 Å². The van der Waals surface area contributed by atoms with Crippen LogP contribution in [0.4, 0.5) is 0 Å². The third kappa shape index (κ3) is 4.93. The van der Waals surface area contributed by atoms with Crippen LogP contribution in [0.1, 0.15) is 23.6 Å². The van der Waals surface area contributed by atoms with E-state index in [-0.39, 0.29) is 0 Å². The first-order valence-corrected chi connectivity index (χ1v) is 7.38. The average molecular weight is 290 g/mol. The van der Waals surface area contributed by atoms with E-state index in [2.05, 4.69) is 24.8 Å². The van der Waals surface area contributed by atoms with Crippen molar-refractivity contribution in [3.63, 3.8) is 0 Å². The number of ether oxygens (including phenoxy) is 4. The third-order valence-electron chi connectivity index (χ3n) is 3.50. The monoisotopic (exact) mass is 290 g/mol. The summed E-state index contributed by atoms with van der Waals surface area (Å²) in [6, 6.07) is 6.39. The Hall–Kier alpha value is -1.20. The average Bonchev–Trinajstić information content (AvgIpc) is 3.33. The molecule has 2 unspecified atom stereocenters. The van der Waals surface area contributed by atoms with Crippen molar-refractivity contribution >= 4 is 5.57 Å². The number of benzene rings is 1. The van der Waals surface area contributed by atoms with E-state index in [9.17, 15) is 0 Å². The Labute approximate surface area is 125 Å². The highest BCUT2D eigenvalue weighted by atomic mass is 16.6. The fourth-order valence-corrected chi connectivity index (χ4v) is 2.12. The molecule has 2 fully saturated rings. The first-order chi connectivity index (χ1) is 10.2. The molecule has 2 heterocycles. The van der Waals surface area contributed by atoms with E-state index in [4.69, 9.17) is 18.9 Å². The summed E-state index contributed by atoms with van der Waals surface area (Å²) in [5, 5.41) is 0. The third-order valence-corrected chi connectivity index (χ3v) is 3.50. The lowest BCUT2D eigenvalue weighted by Crippen LogP contribution is -2.04. The Morgan fingerprint density at radius 2 is 1.52 bits per heavy atom. The van der Waals surface area contributed by atoms with Gasteiger partial charge in [0.05, 0.1) is 39.6 Å². The quantitative estimate of drug-likeness (QED) is 0.656. The van der Waals surface area contributed by atoms with E-state index >= 15 is 0 Å². The number of hydrogen-bond donors (Lipinski definition) is 0. The second kappa shape index (κ2) is 6.71. The van der Waals surface area contributed by atoms with Crippen LogP contribution in [0, 0.1) is 0 Å². The molecule has 3 rings (SSSR count). The summed E-state index contributed by atoms with van der Waals surface area (Å²) in [6.45, 7) is 10.2. The fraction of sp³-hybridized carbons (Fsp3) is 0.529. The molecule has 0 bridgehead atoms. The Bertz CT molecular complexity index is 467. The van der Waals surface area contributed by atoms with E-state index in [1.807, 2.05) is 6.92 Å². The Balaban J connectivity index is 1.58. The zero-order valence-electron chi connectivity index (χ0n) is 12.5. The van der Waals surface area contributed by atoms with Crippen molar-refractivity contribution in [3.05, 3.63) is 41.5 Å². The van der Waals surface area contributed by atoms with Gasteiger partial charge in [0.15, 0.2) is 0 Å². The number of epoxide rings is 2. The molecule has 0 radical (unpaired) electrons. The van der Waals surface area contributed by atoms with Crippen LogP contribution in [0.2, 0.25) is 0 Å². The maximum atomic E-state index is 5.67. The molecule has 2 aliphatic heterocycles. The topological polar surface area (TPSA) is 43.5 Å². The number of allylic oxidation sites excluding steroid dienone is 1. The molecule has 4 heteroatoms. The molecule has 114 valence electrons. The van der Waals surface area contributed by atoms with Crippen LogP contribution in [0.5, 0.6) is 0 Å². The summed E-state index contributed by atoms with van der Waals surface area (Å²) in [6.07, 6.45) is 0.603. The van der Waals surface area contributed by atoms with Crippen molar-refractivity contribution in [2.24, 2.45) is 0 Å². The van der Waals surface area contributed by atoms with Crippen molar-refractivity contribution in [1.29, 1.82) is 0 Å². The van der Waals surface area contributed by atoms with E-state index in [1.54, 1.807) is 0 Å². The second-order valence-electron chi connectivity index (χ2n) is 5.76. The Morgan fingerprint density at radius 1 is 1.05 bits per heavy atom. The van der Waals surface area contributed by atoms with Gasteiger partial charge >= 0.3 is 0 Å². The van der Waals surface area contributed by atoms with Gasteiger partial charge in [-0.25, -0.2) is 0 Å². The molecule has 0 spiro atoms. The molecule has 0 aliphatic carbocycles. The van der Waals surface area contributed by atoms with Crippen LogP contribution in [0.15, 0.2) is 24.8 Å². The summed E-state index contributed by atoms with van der Waals surface area (Å²) in [4.78, 5) is 0. The molecule has 0 amide bonds. The van der Waals surface area contributed by atoms with Gasteiger partial charge in [0.1, 0.15) is 12.2 Å². The molecular formula is C17H22O4. The van der Waals surface area contributed by atoms with Gasteiger partial charge in [-0.1, -0.05) is 18.2 Å². The van der Waals surface area contributed by atoms with E-state index in [1.165, 1.54) is 0 Å². The molecule has 0 saturated carbocycles. The molecule has 0 aromatic heterocycles. The predicted octanol–water partition coefficient (Wildman–Crippen LogP) is 2.55. The highest BCUT2D eigenvalue weighted by Crippen LogP contribution is 2.19. The maximum Gasteiger partial charge on any atom is 0.104 e. The van der Waals surface area contributed by atoms with Crippen molar-refractivity contribution < 1.29 is 18.9 Å². The van der Waals surface area contributed by atoms with Crippen LogP contribution in [0.25, 0.3) is 5.57 Å². The van der Waals surface area contributed by atoms with Crippen molar-refractivity contribution in [2.45, 2.75) is 32.3 Å². The molecular weight excluding hydrogens is 268 g/mol. The molecule has 2 saturated heterocycles. The molecule has 1 aromatic carbocycles. The van der Waals surface area contributed by atoms with Crippen LogP contribution in [-0.2, 0) is 32.2 Å². The van der Waals surface area contributed by atoms with E-state index in [0.717, 1.165) is 35.5 Å². The lowest BCUT2D eigenvalue weighted by Gasteiger charge is -2.10. The minimum atomic E-state index is 0.302. The summed E-state index contributed by atoms with van der Waals surface area (Å²) in [7, 11) is 0. The maximum absolute atomic E-state index is 5.67. The van der Waals surface area contributed by atoms with Crippen molar-refractivity contribution in [2.75, 3.05) is 26.4 Å². The molecule has 21 heavy (non-hydrogen) atoms. The molecule has 2 atom stereocenters. The molecule has 1 aromatic rings. The zero-order valence-corrected chi connectivity index (χ0v) is 12.5.